The number of nitrogens with zero attached hydrogens (tertiary/aromatic N) is 2. The van der Waals surface area contributed by atoms with E-state index in [1.807, 2.05) is 79.4 Å². The highest BCUT2D eigenvalue weighted by atomic mass is 19.4. The Morgan fingerprint density at radius 2 is 1.47 bits per heavy atom. The van der Waals surface area contributed by atoms with Crippen molar-refractivity contribution in [1.82, 2.24) is 4.98 Å². The van der Waals surface area contributed by atoms with Gasteiger partial charge >= 0.3 is 6.18 Å². The average Bonchev–Trinajstić information content (AvgIpc) is 3.10. The molecule has 0 bridgehead atoms. The van der Waals surface area contributed by atoms with E-state index in [4.69, 9.17) is 0 Å². The Morgan fingerprint density at radius 1 is 0.875 bits per heavy atom. The fourth-order valence-corrected chi connectivity index (χ4v) is 4.54. The number of hydrogen-bond acceptors (Lipinski definition) is 2. The first-order valence-electron chi connectivity index (χ1n) is 10.6. The van der Waals surface area contributed by atoms with Crippen molar-refractivity contribution in [3.63, 3.8) is 0 Å². The third-order valence-electron chi connectivity index (χ3n) is 6.11. The van der Waals surface area contributed by atoms with Crippen LogP contribution in [-0.4, -0.2) is 10.9 Å². The molecule has 0 unspecified atom stereocenters. The summed E-state index contributed by atoms with van der Waals surface area (Å²) in [7, 11) is 0. The molecule has 166 valence electrons. The highest BCUT2D eigenvalue weighted by Gasteiger charge is 2.44. The van der Waals surface area contributed by atoms with Gasteiger partial charge in [0.2, 0.25) is 5.91 Å². The number of pyridine rings is 1. The topological polar surface area (TPSA) is 33.2 Å². The monoisotopic (exact) mass is 438 g/mol. The van der Waals surface area contributed by atoms with E-state index in [0.29, 0.717) is 18.5 Å². The van der Waals surface area contributed by atoms with E-state index in [-0.39, 0.29) is 17.9 Å². The number of alkyl halides is 3. The Bertz CT molecular complexity index is 1080. The first-order chi connectivity index (χ1) is 15.2. The lowest BCUT2D eigenvalue weighted by Gasteiger charge is -2.27. The molecule has 3 aromatic rings. The third-order valence-corrected chi connectivity index (χ3v) is 6.11. The van der Waals surface area contributed by atoms with Gasteiger partial charge in [-0.2, -0.15) is 13.2 Å². The van der Waals surface area contributed by atoms with Gasteiger partial charge in [0.05, 0.1) is 6.04 Å². The van der Waals surface area contributed by atoms with Crippen LogP contribution < -0.4 is 4.90 Å². The van der Waals surface area contributed by atoms with Crippen LogP contribution in [0.4, 0.5) is 18.9 Å². The summed E-state index contributed by atoms with van der Waals surface area (Å²) in [4.78, 5) is 19.3. The van der Waals surface area contributed by atoms with Crippen LogP contribution in [0.2, 0.25) is 0 Å². The SMILES string of the molecule is CC(C)(C[C@@H]1C[C@H](c2ccccc2)N(c2ccccc2)C1=O)c1cccc(C(F)(F)F)n1. The molecule has 2 atom stereocenters. The molecule has 0 radical (unpaired) electrons. The third kappa shape index (κ3) is 4.40. The lowest BCUT2D eigenvalue weighted by atomic mass is 9.78. The number of aromatic nitrogens is 1. The van der Waals surface area contributed by atoms with Crippen LogP contribution in [-0.2, 0) is 16.4 Å². The van der Waals surface area contributed by atoms with Crippen LogP contribution >= 0.6 is 0 Å². The second kappa shape index (κ2) is 8.41. The lowest BCUT2D eigenvalue weighted by Crippen LogP contribution is -2.32. The summed E-state index contributed by atoms with van der Waals surface area (Å²) < 4.78 is 39.5. The molecule has 1 fully saturated rings. The minimum Gasteiger partial charge on any atom is -0.305 e. The smallest absolute Gasteiger partial charge is 0.305 e. The number of para-hydroxylation sites is 1. The molecule has 1 amide bonds. The molecule has 2 heterocycles. The van der Waals surface area contributed by atoms with Crippen molar-refractivity contribution in [1.29, 1.82) is 0 Å². The maximum absolute atomic E-state index is 13.6. The number of rotatable bonds is 5. The minimum absolute atomic E-state index is 0.00916. The number of hydrogen-bond donors (Lipinski definition) is 0. The maximum Gasteiger partial charge on any atom is 0.433 e. The fraction of sp³-hybridized carbons (Fsp3) is 0.308. The summed E-state index contributed by atoms with van der Waals surface area (Å²) in [5.74, 6) is -0.336. The lowest BCUT2D eigenvalue weighted by molar-refractivity contribution is -0.141. The van der Waals surface area contributed by atoms with E-state index < -0.39 is 17.3 Å². The Hall–Kier alpha value is -3.15. The molecule has 1 aromatic heterocycles. The van der Waals surface area contributed by atoms with Crippen LogP contribution in [0.15, 0.2) is 78.9 Å². The van der Waals surface area contributed by atoms with Crippen molar-refractivity contribution in [2.45, 2.75) is 44.3 Å². The molecule has 3 nitrogen and oxygen atoms in total. The van der Waals surface area contributed by atoms with E-state index in [2.05, 4.69) is 4.98 Å². The van der Waals surface area contributed by atoms with Gasteiger partial charge in [-0.25, -0.2) is 4.98 Å². The zero-order valence-electron chi connectivity index (χ0n) is 18.0. The molecule has 4 rings (SSSR count). The molecular formula is C26H25F3N2O. The first kappa shape index (κ1) is 22.1. The van der Waals surface area contributed by atoms with Crippen molar-refractivity contribution in [2.24, 2.45) is 5.92 Å². The molecule has 0 spiro atoms. The van der Waals surface area contributed by atoms with Gasteiger partial charge < -0.3 is 4.90 Å². The van der Waals surface area contributed by atoms with E-state index in [9.17, 15) is 18.0 Å². The molecule has 0 saturated carbocycles. The summed E-state index contributed by atoms with van der Waals surface area (Å²) in [5.41, 5.74) is 0.602. The van der Waals surface area contributed by atoms with Gasteiger partial charge in [-0.15, -0.1) is 0 Å². The van der Waals surface area contributed by atoms with Gasteiger partial charge in [-0.1, -0.05) is 68.4 Å². The fourth-order valence-electron chi connectivity index (χ4n) is 4.54. The quantitative estimate of drug-likeness (QED) is 0.452. The summed E-state index contributed by atoms with van der Waals surface area (Å²) in [5, 5.41) is 0. The van der Waals surface area contributed by atoms with Crippen molar-refractivity contribution in [3.05, 3.63) is 95.8 Å². The standard InChI is InChI=1S/C26H25F3N2O/c1-25(2,22-14-9-15-23(30-22)26(27,28)29)17-19-16-21(18-10-5-3-6-11-18)31(24(19)32)20-12-7-4-8-13-20/h3-15,19,21H,16-17H2,1-2H3/t19-,21+/m0/s1. The van der Waals surface area contributed by atoms with Crippen LogP contribution in [0.25, 0.3) is 0 Å². The molecule has 0 N–H and O–H groups in total. The van der Waals surface area contributed by atoms with E-state index in [1.165, 1.54) is 6.07 Å². The van der Waals surface area contributed by atoms with Gasteiger partial charge in [0, 0.05) is 22.7 Å². The second-order valence-electron chi connectivity index (χ2n) is 8.90. The van der Waals surface area contributed by atoms with E-state index >= 15 is 0 Å². The molecule has 2 aromatic carbocycles. The Kier molecular flexibility index (Phi) is 5.80. The predicted molar refractivity (Wildman–Crippen MR) is 118 cm³/mol. The number of benzene rings is 2. The molecule has 0 aliphatic carbocycles. The zero-order chi connectivity index (χ0) is 22.9. The maximum atomic E-state index is 13.6. The number of halogens is 3. The van der Waals surface area contributed by atoms with E-state index in [1.54, 1.807) is 6.07 Å². The molecule has 1 saturated heterocycles. The number of anilines is 1. The van der Waals surface area contributed by atoms with Crippen LogP contribution in [0.5, 0.6) is 0 Å². The Balaban J connectivity index is 1.65. The number of carbonyl (C=O) groups excluding carboxylic acids is 1. The van der Waals surface area contributed by atoms with Crippen LogP contribution in [0.1, 0.15) is 49.7 Å². The molecule has 1 aliphatic rings. The van der Waals surface area contributed by atoms with Gasteiger partial charge in [-0.05, 0) is 42.7 Å². The van der Waals surface area contributed by atoms with Crippen molar-refractivity contribution in [2.75, 3.05) is 4.90 Å². The average molecular weight is 438 g/mol. The summed E-state index contributed by atoms with van der Waals surface area (Å²) in [6.45, 7) is 3.71. The number of amides is 1. The minimum atomic E-state index is -4.50. The number of carbonyl (C=O) groups is 1. The second-order valence-corrected chi connectivity index (χ2v) is 8.90. The van der Waals surface area contributed by atoms with E-state index in [0.717, 1.165) is 17.3 Å². The molecule has 1 aliphatic heterocycles. The van der Waals surface area contributed by atoms with Crippen molar-refractivity contribution < 1.29 is 18.0 Å². The molecule has 6 heteroatoms. The summed E-state index contributed by atoms with van der Waals surface area (Å²) >= 11 is 0. The zero-order valence-corrected chi connectivity index (χ0v) is 18.0. The van der Waals surface area contributed by atoms with Gasteiger partial charge in [0.15, 0.2) is 0 Å². The summed E-state index contributed by atoms with van der Waals surface area (Å²) in [6, 6.07) is 23.2. The molecule has 32 heavy (non-hydrogen) atoms. The normalized spacial score (nSPS) is 19.4. The summed E-state index contributed by atoms with van der Waals surface area (Å²) in [6.07, 6.45) is -3.50. The van der Waals surface area contributed by atoms with Crippen LogP contribution in [0, 0.1) is 5.92 Å². The van der Waals surface area contributed by atoms with Crippen molar-refractivity contribution >= 4 is 11.6 Å². The highest BCUT2D eigenvalue weighted by Crippen LogP contribution is 2.44. The molecular weight excluding hydrogens is 413 g/mol. The van der Waals surface area contributed by atoms with Crippen molar-refractivity contribution in [3.8, 4) is 0 Å². The Labute approximate surface area is 185 Å². The van der Waals surface area contributed by atoms with Crippen LogP contribution in [0.3, 0.4) is 0 Å². The first-order valence-corrected chi connectivity index (χ1v) is 10.6. The highest BCUT2D eigenvalue weighted by molar-refractivity contribution is 5.98. The largest absolute Gasteiger partial charge is 0.433 e. The van der Waals surface area contributed by atoms with Gasteiger partial charge in [0.1, 0.15) is 5.69 Å². The van der Waals surface area contributed by atoms with Gasteiger partial charge in [0.25, 0.3) is 0 Å². The Morgan fingerprint density at radius 3 is 2.09 bits per heavy atom. The van der Waals surface area contributed by atoms with Gasteiger partial charge in [-0.3, -0.25) is 4.79 Å². The predicted octanol–water partition coefficient (Wildman–Crippen LogP) is 6.56.